The predicted octanol–water partition coefficient (Wildman–Crippen LogP) is 4.32. The van der Waals surface area contributed by atoms with Gasteiger partial charge in [0, 0.05) is 48.4 Å². The van der Waals surface area contributed by atoms with E-state index in [2.05, 4.69) is 19.9 Å². The second-order valence-corrected chi connectivity index (χ2v) is 11.6. The summed E-state index contributed by atoms with van der Waals surface area (Å²) in [7, 11) is -1.67. The first kappa shape index (κ1) is 28.6. The average molecular weight is 568 g/mol. The molecule has 1 aliphatic rings. The number of nitrogens with zero attached hydrogens (tertiary/aromatic N) is 3. The summed E-state index contributed by atoms with van der Waals surface area (Å²) < 4.78 is 80.9. The molecule has 1 aliphatic heterocycles. The quantitative estimate of drug-likeness (QED) is 0.431. The maximum absolute atomic E-state index is 14.8. The maximum Gasteiger partial charge on any atom is 0.433 e. The molecule has 1 aromatic heterocycles. The van der Waals surface area contributed by atoms with Crippen LogP contribution in [-0.4, -0.2) is 63.7 Å². The molecule has 1 amide bonds. The summed E-state index contributed by atoms with van der Waals surface area (Å²) in [6.45, 7) is 5.56. The smallest absolute Gasteiger partial charge is 0.368 e. The number of fused-ring (bicyclic) bond motifs is 1. The van der Waals surface area contributed by atoms with E-state index in [4.69, 9.17) is 0 Å². The zero-order valence-electron chi connectivity index (χ0n) is 21.9. The molecule has 210 valence electrons. The van der Waals surface area contributed by atoms with Crippen LogP contribution in [0.5, 0.6) is 0 Å². The molecule has 3 aromatic rings. The van der Waals surface area contributed by atoms with Gasteiger partial charge in [-0.25, -0.2) is 17.8 Å². The lowest BCUT2D eigenvalue weighted by Gasteiger charge is -2.35. The minimum atomic E-state index is -4.63. The van der Waals surface area contributed by atoms with Crippen LogP contribution in [0.4, 0.5) is 28.9 Å². The van der Waals surface area contributed by atoms with Gasteiger partial charge in [-0.1, -0.05) is 0 Å². The summed E-state index contributed by atoms with van der Waals surface area (Å²) in [4.78, 5) is 20.9. The molecule has 4 rings (SSSR count). The number of pyridine rings is 1. The first-order valence-electron chi connectivity index (χ1n) is 12.2. The van der Waals surface area contributed by atoms with Crippen LogP contribution < -0.4 is 14.9 Å². The van der Waals surface area contributed by atoms with E-state index in [0.717, 1.165) is 18.4 Å². The van der Waals surface area contributed by atoms with Crippen molar-refractivity contribution in [3.05, 3.63) is 64.6 Å². The molecule has 2 aromatic carbocycles. The number of nitrogens with one attached hydrogen (secondary N) is 2. The van der Waals surface area contributed by atoms with E-state index in [1.807, 2.05) is 11.9 Å². The highest BCUT2D eigenvalue weighted by atomic mass is 32.2. The third-order valence-electron chi connectivity index (χ3n) is 6.64. The van der Waals surface area contributed by atoms with Crippen LogP contribution in [0, 0.1) is 12.7 Å². The van der Waals surface area contributed by atoms with Gasteiger partial charge in [-0.3, -0.25) is 9.52 Å². The van der Waals surface area contributed by atoms with Crippen LogP contribution in [0.3, 0.4) is 0 Å². The number of piperazine rings is 1. The van der Waals surface area contributed by atoms with E-state index in [0.29, 0.717) is 42.8 Å². The molecule has 39 heavy (non-hydrogen) atoms. The number of carbonyl (C=O) groups is 1. The van der Waals surface area contributed by atoms with Gasteiger partial charge in [0.05, 0.1) is 23.5 Å². The highest BCUT2D eigenvalue weighted by Gasteiger charge is 2.34. The third kappa shape index (κ3) is 6.59. The number of hydrogen-bond donors (Lipinski definition) is 2. The van der Waals surface area contributed by atoms with Crippen LogP contribution in [0.2, 0.25) is 0 Å². The zero-order valence-corrected chi connectivity index (χ0v) is 22.7. The maximum atomic E-state index is 14.8. The molecule has 2 N–H and O–H groups in total. The Bertz CT molecular complexity index is 1520. The Kier molecular flexibility index (Phi) is 7.77. The minimum Gasteiger partial charge on any atom is -0.368 e. The van der Waals surface area contributed by atoms with Crippen LogP contribution in [-0.2, 0) is 16.2 Å². The molecule has 1 atom stereocenters. The fourth-order valence-corrected chi connectivity index (χ4v) is 5.13. The molecule has 0 spiro atoms. The number of sulfonamides is 1. The summed E-state index contributed by atoms with van der Waals surface area (Å²) in [5.41, 5.74) is 0.335. The molecule has 2 heterocycles. The van der Waals surface area contributed by atoms with Crippen molar-refractivity contribution in [3.63, 3.8) is 0 Å². The number of halogens is 4. The van der Waals surface area contributed by atoms with E-state index in [9.17, 15) is 30.8 Å². The zero-order chi connectivity index (χ0) is 28.7. The number of amides is 1. The van der Waals surface area contributed by atoms with Crippen molar-refractivity contribution >= 4 is 38.2 Å². The van der Waals surface area contributed by atoms with Gasteiger partial charge in [0.15, 0.2) is 0 Å². The molecule has 1 fully saturated rings. The molecule has 0 radical (unpaired) electrons. The fourth-order valence-electron chi connectivity index (χ4n) is 4.51. The van der Waals surface area contributed by atoms with Crippen molar-refractivity contribution in [2.45, 2.75) is 26.1 Å². The second kappa shape index (κ2) is 10.6. The van der Waals surface area contributed by atoms with Crippen molar-refractivity contribution in [3.8, 4) is 0 Å². The predicted molar refractivity (Wildman–Crippen MR) is 142 cm³/mol. The van der Waals surface area contributed by atoms with E-state index in [1.165, 1.54) is 24.3 Å². The summed E-state index contributed by atoms with van der Waals surface area (Å²) in [6.07, 6.45) is -3.67. The van der Waals surface area contributed by atoms with Crippen molar-refractivity contribution in [1.29, 1.82) is 0 Å². The average Bonchev–Trinajstić information content (AvgIpc) is 2.84. The van der Waals surface area contributed by atoms with Gasteiger partial charge in [0.2, 0.25) is 10.0 Å². The van der Waals surface area contributed by atoms with Gasteiger partial charge in [0.25, 0.3) is 5.91 Å². The first-order chi connectivity index (χ1) is 18.1. The normalized spacial score (nSPS) is 15.8. The SMILES string of the molecule is Cc1cc([C@@H](C)NC(=O)c2ccc3nc(C(F)(F)F)cc(N4CCN(C)CC4)c3c2)c(F)cc1NS(C)(=O)=O. The van der Waals surface area contributed by atoms with E-state index in [1.54, 1.807) is 13.8 Å². The fraction of sp³-hybridized carbons (Fsp3) is 0.385. The van der Waals surface area contributed by atoms with Crippen LogP contribution in [0.15, 0.2) is 36.4 Å². The summed E-state index contributed by atoms with van der Waals surface area (Å²) in [6, 6.07) is 6.98. The molecule has 13 heteroatoms. The van der Waals surface area contributed by atoms with Crippen LogP contribution in [0.25, 0.3) is 10.9 Å². The van der Waals surface area contributed by atoms with Gasteiger partial charge in [-0.05, 0) is 62.9 Å². The number of rotatable bonds is 6. The Hall–Kier alpha value is -3.45. The van der Waals surface area contributed by atoms with Crippen LogP contribution >= 0.6 is 0 Å². The molecule has 0 aliphatic carbocycles. The van der Waals surface area contributed by atoms with Gasteiger partial charge >= 0.3 is 6.18 Å². The number of aryl methyl sites for hydroxylation is 1. The second-order valence-electron chi connectivity index (χ2n) is 9.80. The summed E-state index contributed by atoms with van der Waals surface area (Å²) in [5, 5.41) is 3.12. The van der Waals surface area contributed by atoms with E-state index < -0.39 is 39.7 Å². The van der Waals surface area contributed by atoms with Gasteiger partial charge in [-0.15, -0.1) is 0 Å². The molecule has 1 saturated heterocycles. The number of anilines is 2. The van der Waals surface area contributed by atoms with E-state index in [-0.39, 0.29) is 22.3 Å². The Labute approximate surface area is 224 Å². The molecule has 0 unspecified atom stereocenters. The number of benzene rings is 2. The number of aromatic nitrogens is 1. The standard InChI is InChI=1S/C26H29F4N5O3S/c1-15-11-18(20(27)13-22(15)33-39(4,37)38)16(2)31-25(36)17-5-6-21-19(12-17)23(14-24(32-21)26(28,29)30)35-9-7-34(3)8-10-35/h5-6,11-14,16,33H,7-10H2,1-4H3,(H,31,36)/t16-/m1/s1. The Morgan fingerprint density at radius 1 is 1.08 bits per heavy atom. The monoisotopic (exact) mass is 567 g/mol. The van der Waals surface area contributed by atoms with Gasteiger partial charge < -0.3 is 15.1 Å². The number of alkyl halides is 3. The Morgan fingerprint density at radius 3 is 2.36 bits per heavy atom. The highest BCUT2D eigenvalue weighted by Crippen LogP contribution is 2.35. The Balaban J connectivity index is 1.65. The lowest BCUT2D eigenvalue weighted by Crippen LogP contribution is -2.44. The lowest BCUT2D eigenvalue weighted by molar-refractivity contribution is -0.140. The number of likely N-dealkylation sites (N-methyl/N-ethyl adjacent to an activating group) is 1. The third-order valence-corrected chi connectivity index (χ3v) is 7.23. The first-order valence-corrected chi connectivity index (χ1v) is 14.1. The molecule has 0 bridgehead atoms. The lowest BCUT2D eigenvalue weighted by atomic mass is 10.0. The minimum absolute atomic E-state index is 0.0916. The molecule has 8 nitrogen and oxygen atoms in total. The molecule has 0 saturated carbocycles. The molecular formula is C26H29F4N5O3S. The number of hydrogen-bond acceptors (Lipinski definition) is 6. The van der Waals surface area contributed by atoms with Crippen molar-refractivity contribution in [2.75, 3.05) is 49.1 Å². The Morgan fingerprint density at radius 2 is 1.74 bits per heavy atom. The van der Waals surface area contributed by atoms with Crippen molar-refractivity contribution in [2.24, 2.45) is 0 Å². The summed E-state index contributed by atoms with van der Waals surface area (Å²) >= 11 is 0. The highest BCUT2D eigenvalue weighted by molar-refractivity contribution is 7.92. The van der Waals surface area contributed by atoms with Gasteiger partial charge in [-0.2, -0.15) is 13.2 Å². The largest absolute Gasteiger partial charge is 0.433 e. The van der Waals surface area contributed by atoms with E-state index >= 15 is 0 Å². The van der Waals surface area contributed by atoms with Crippen molar-refractivity contribution in [1.82, 2.24) is 15.2 Å². The molecular weight excluding hydrogens is 538 g/mol. The van der Waals surface area contributed by atoms with Crippen molar-refractivity contribution < 1.29 is 30.8 Å². The summed E-state index contributed by atoms with van der Waals surface area (Å²) in [5.74, 6) is -1.26. The van der Waals surface area contributed by atoms with Crippen LogP contribution in [0.1, 0.15) is 40.1 Å². The van der Waals surface area contributed by atoms with Gasteiger partial charge in [0.1, 0.15) is 11.5 Å². The number of carbonyl (C=O) groups excluding carboxylic acids is 1. The topological polar surface area (TPSA) is 94.6 Å².